The van der Waals surface area contributed by atoms with Crippen molar-refractivity contribution in [3.8, 4) is 0 Å². The minimum atomic E-state index is -3.79. The highest BCUT2D eigenvalue weighted by Gasteiger charge is 2.24. The van der Waals surface area contributed by atoms with E-state index in [0.717, 1.165) is 0 Å². The van der Waals surface area contributed by atoms with E-state index < -0.39 is 12.8 Å². The van der Waals surface area contributed by atoms with Crippen molar-refractivity contribution < 1.29 is 8.42 Å². The number of benzene rings is 1. The molecule has 0 saturated heterocycles. The van der Waals surface area contributed by atoms with Gasteiger partial charge in [0.15, 0.2) is 0 Å². The number of rotatable bonds is 1. The van der Waals surface area contributed by atoms with E-state index in [1.165, 1.54) is 24.3 Å². The van der Waals surface area contributed by atoms with Crippen molar-refractivity contribution in [3.05, 3.63) is 29.8 Å². The first kappa shape index (κ1) is 12.4. The van der Waals surface area contributed by atoms with Gasteiger partial charge < -0.3 is 0 Å². The molecule has 0 heterocycles. The normalized spacial score (nSPS) is 12.9. The van der Waals surface area contributed by atoms with Gasteiger partial charge >= 0.3 is 0 Å². The molecule has 14 heavy (non-hydrogen) atoms. The molecule has 7 heteroatoms. The standard InChI is InChI=1S/C7H4Cl4O2S/c8-7(9,10)5-2-1-3-6(4-5)14(11,12)13/h1-4H. The first-order valence-electron chi connectivity index (χ1n) is 3.33. The van der Waals surface area contributed by atoms with Gasteiger partial charge in [0.05, 0.1) is 4.90 Å². The molecule has 0 saturated carbocycles. The van der Waals surface area contributed by atoms with Crippen LogP contribution in [0, 0.1) is 0 Å². The molecule has 0 aliphatic carbocycles. The second-order valence-electron chi connectivity index (χ2n) is 2.46. The summed E-state index contributed by atoms with van der Waals surface area (Å²) >= 11 is 16.7. The van der Waals surface area contributed by atoms with Crippen molar-refractivity contribution in [1.82, 2.24) is 0 Å². The Balaban J connectivity index is 3.29. The summed E-state index contributed by atoms with van der Waals surface area (Å²) in [6.45, 7) is 0. The molecule has 2 nitrogen and oxygen atoms in total. The van der Waals surface area contributed by atoms with E-state index in [0.29, 0.717) is 0 Å². The fraction of sp³-hybridized carbons (Fsp3) is 0.143. The van der Waals surface area contributed by atoms with E-state index in [9.17, 15) is 8.42 Å². The third-order valence-electron chi connectivity index (χ3n) is 1.44. The summed E-state index contributed by atoms with van der Waals surface area (Å²) in [6.07, 6.45) is 0. The van der Waals surface area contributed by atoms with Gasteiger partial charge in [-0.25, -0.2) is 8.42 Å². The Bertz CT molecular complexity index is 435. The number of halogens is 4. The monoisotopic (exact) mass is 292 g/mol. The quantitative estimate of drug-likeness (QED) is 0.587. The Morgan fingerprint density at radius 2 is 1.71 bits per heavy atom. The van der Waals surface area contributed by atoms with Gasteiger partial charge in [0.1, 0.15) is 0 Å². The van der Waals surface area contributed by atoms with Crippen LogP contribution in [0.4, 0.5) is 0 Å². The molecule has 0 amide bonds. The molecule has 0 aliphatic heterocycles. The number of hydrogen-bond donors (Lipinski definition) is 0. The van der Waals surface area contributed by atoms with Crippen molar-refractivity contribution in [1.29, 1.82) is 0 Å². The average Bonchev–Trinajstić information content (AvgIpc) is 2.01. The lowest BCUT2D eigenvalue weighted by Gasteiger charge is -2.11. The fourth-order valence-electron chi connectivity index (χ4n) is 0.824. The van der Waals surface area contributed by atoms with Crippen molar-refractivity contribution >= 4 is 54.5 Å². The molecule has 0 fully saturated rings. The van der Waals surface area contributed by atoms with Crippen LogP contribution < -0.4 is 0 Å². The first-order valence-corrected chi connectivity index (χ1v) is 6.77. The van der Waals surface area contributed by atoms with Gasteiger partial charge in [0, 0.05) is 16.2 Å². The average molecular weight is 294 g/mol. The molecule has 1 aromatic carbocycles. The maximum atomic E-state index is 10.9. The highest BCUT2D eigenvalue weighted by Crippen LogP contribution is 2.38. The van der Waals surface area contributed by atoms with Gasteiger partial charge in [0.25, 0.3) is 9.05 Å². The molecule has 78 valence electrons. The number of alkyl halides is 3. The molecule has 1 aromatic rings. The zero-order valence-corrected chi connectivity index (χ0v) is 10.4. The predicted octanol–water partition coefficient (Wildman–Crippen LogP) is 3.44. The van der Waals surface area contributed by atoms with Crippen LogP contribution in [0.15, 0.2) is 29.2 Å². The number of hydrogen-bond acceptors (Lipinski definition) is 2. The Kier molecular flexibility index (Phi) is 3.60. The van der Waals surface area contributed by atoms with Crippen LogP contribution in [0.25, 0.3) is 0 Å². The zero-order chi connectivity index (χ0) is 11.0. The van der Waals surface area contributed by atoms with Crippen molar-refractivity contribution in [2.75, 3.05) is 0 Å². The largest absolute Gasteiger partial charge is 0.261 e. The summed E-state index contributed by atoms with van der Waals surface area (Å²) in [5.41, 5.74) is 0.254. The lowest BCUT2D eigenvalue weighted by atomic mass is 10.2. The second kappa shape index (κ2) is 4.06. The molecule has 0 aromatic heterocycles. The molecule has 0 bridgehead atoms. The predicted molar refractivity (Wildman–Crippen MR) is 58.7 cm³/mol. The fourth-order valence-corrected chi connectivity index (χ4v) is 1.97. The molecule has 0 aliphatic rings. The summed E-state index contributed by atoms with van der Waals surface area (Å²) in [7, 11) is 1.33. The van der Waals surface area contributed by atoms with E-state index in [1.807, 2.05) is 0 Å². The topological polar surface area (TPSA) is 34.1 Å². The summed E-state index contributed by atoms with van der Waals surface area (Å²) in [5.74, 6) is 0. The maximum Gasteiger partial charge on any atom is 0.261 e. The summed E-state index contributed by atoms with van der Waals surface area (Å²) in [5, 5.41) is 0. The molecule has 1 rings (SSSR count). The summed E-state index contributed by atoms with van der Waals surface area (Å²) in [6, 6.07) is 5.49. The van der Waals surface area contributed by atoms with Gasteiger partial charge in [-0.2, -0.15) is 0 Å². The Hall–Kier alpha value is 0.330. The lowest BCUT2D eigenvalue weighted by Crippen LogP contribution is -2.01. The Morgan fingerprint density at radius 1 is 1.14 bits per heavy atom. The van der Waals surface area contributed by atoms with Crippen LogP contribution >= 0.6 is 45.5 Å². The van der Waals surface area contributed by atoms with Crippen LogP contribution in [0.3, 0.4) is 0 Å². The zero-order valence-electron chi connectivity index (χ0n) is 6.55. The van der Waals surface area contributed by atoms with E-state index in [4.69, 9.17) is 45.5 Å². The van der Waals surface area contributed by atoms with Crippen LogP contribution in [-0.2, 0) is 12.8 Å². The lowest BCUT2D eigenvalue weighted by molar-refractivity contribution is 0.609. The molecular weight excluding hydrogens is 290 g/mol. The smallest absolute Gasteiger partial charge is 0.207 e. The van der Waals surface area contributed by atoms with Gasteiger partial charge in [-0.3, -0.25) is 0 Å². The van der Waals surface area contributed by atoms with E-state index in [2.05, 4.69) is 0 Å². The summed E-state index contributed by atoms with van der Waals surface area (Å²) in [4.78, 5) is -0.0945. The van der Waals surface area contributed by atoms with Crippen LogP contribution in [0.2, 0.25) is 0 Å². The highest BCUT2D eigenvalue weighted by atomic mass is 35.7. The minimum absolute atomic E-state index is 0.0945. The van der Waals surface area contributed by atoms with Crippen molar-refractivity contribution in [3.63, 3.8) is 0 Å². The molecule has 0 atom stereocenters. The van der Waals surface area contributed by atoms with Crippen molar-refractivity contribution in [2.45, 2.75) is 8.69 Å². The van der Waals surface area contributed by atoms with Gasteiger partial charge in [0.2, 0.25) is 3.79 Å². The van der Waals surface area contributed by atoms with Crippen LogP contribution in [0.1, 0.15) is 5.56 Å². The maximum absolute atomic E-state index is 10.9. The van der Waals surface area contributed by atoms with Crippen molar-refractivity contribution in [2.24, 2.45) is 0 Å². The minimum Gasteiger partial charge on any atom is -0.207 e. The SMILES string of the molecule is O=S(=O)(Cl)c1cccc(C(Cl)(Cl)Cl)c1. The third kappa shape index (κ3) is 3.17. The first-order chi connectivity index (χ1) is 6.21. The molecule has 0 radical (unpaired) electrons. The Labute approximate surface area is 101 Å². The summed E-state index contributed by atoms with van der Waals surface area (Å²) < 4.78 is 20.2. The molecule has 0 spiro atoms. The highest BCUT2D eigenvalue weighted by molar-refractivity contribution is 8.13. The molecular formula is C7H4Cl4O2S. The third-order valence-corrected chi connectivity index (χ3v) is 3.45. The van der Waals surface area contributed by atoms with Gasteiger partial charge in [-0.05, 0) is 12.1 Å². The van der Waals surface area contributed by atoms with E-state index >= 15 is 0 Å². The Morgan fingerprint density at radius 3 is 2.14 bits per heavy atom. The second-order valence-corrected chi connectivity index (χ2v) is 7.31. The molecule has 0 unspecified atom stereocenters. The van der Waals surface area contributed by atoms with Gasteiger partial charge in [-0.1, -0.05) is 46.9 Å². The van der Waals surface area contributed by atoms with E-state index in [1.54, 1.807) is 0 Å². The van der Waals surface area contributed by atoms with E-state index in [-0.39, 0.29) is 10.5 Å². The van der Waals surface area contributed by atoms with Gasteiger partial charge in [-0.15, -0.1) is 0 Å². The molecule has 0 N–H and O–H groups in total. The van der Waals surface area contributed by atoms with Crippen LogP contribution in [-0.4, -0.2) is 8.42 Å². The van der Waals surface area contributed by atoms with Crippen LogP contribution in [0.5, 0.6) is 0 Å².